The number of hydrogen-bond acceptors (Lipinski definition) is 5. The molecule has 6 heteroatoms. The lowest BCUT2D eigenvalue weighted by atomic mass is 10.1. The van der Waals surface area contributed by atoms with Crippen molar-refractivity contribution in [2.24, 2.45) is 0 Å². The van der Waals surface area contributed by atoms with Crippen LogP contribution in [0.2, 0.25) is 0 Å². The molecule has 1 aromatic carbocycles. The van der Waals surface area contributed by atoms with Crippen LogP contribution in [0.25, 0.3) is 0 Å². The number of hydrogen-bond donors (Lipinski definition) is 1. The highest BCUT2D eigenvalue weighted by Gasteiger charge is 2.16. The minimum absolute atomic E-state index is 0.148. The number of carbonyl (C=O) groups excluding carboxylic acids is 1. The minimum atomic E-state index is -0.148. The molecule has 0 radical (unpaired) electrons. The number of piperazine rings is 1. The molecule has 1 amide bonds. The Bertz CT molecular complexity index is 718. The van der Waals surface area contributed by atoms with Gasteiger partial charge >= 0.3 is 0 Å². The van der Waals surface area contributed by atoms with E-state index < -0.39 is 0 Å². The Labute approximate surface area is 142 Å². The number of carbonyl (C=O) groups is 1. The predicted molar refractivity (Wildman–Crippen MR) is 95.6 cm³/mol. The second-order valence-electron chi connectivity index (χ2n) is 6.38. The van der Waals surface area contributed by atoms with Crippen molar-refractivity contribution in [3.8, 4) is 0 Å². The van der Waals surface area contributed by atoms with Gasteiger partial charge in [-0.25, -0.2) is 9.97 Å². The third-order valence-electron chi connectivity index (χ3n) is 4.21. The fraction of sp³-hybridized carbons (Fsp3) is 0.389. The zero-order valence-electron chi connectivity index (χ0n) is 14.4. The first-order valence-corrected chi connectivity index (χ1v) is 8.16. The van der Waals surface area contributed by atoms with Gasteiger partial charge in [-0.1, -0.05) is 17.2 Å². The van der Waals surface area contributed by atoms with Gasteiger partial charge in [-0.2, -0.15) is 0 Å². The number of aromatic nitrogens is 2. The molecule has 0 bridgehead atoms. The zero-order valence-corrected chi connectivity index (χ0v) is 14.4. The number of nitrogens with one attached hydrogen (secondary N) is 1. The lowest BCUT2D eigenvalue weighted by Crippen LogP contribution is -2.44. The predicted octanol–water partition coefficient (Wildman–Crippen LogP) is 2.10. The van der Waals surface area contributed by atoms with Crippen LogP contribution < -0.4 is 10.2 Å². The highest BCUT2D eigenvalue weighted by molar-refractivity contribution is 6.04. The molecule has 1 aromatic heterocycles. The third kappa shape index (κ3) is 3.89. The van der Waals surface area contributed by atoms with Crippen molar-refractivity contribution >= 4 is 17.5 Å². The molecule has 1 aliphatic rings. The van der Waals surface area contributed by atoms with Gasteiger partial charge in [-0.05, 0) is 33.0 Å². The number of benzene rings is 1. The average molecular weight is 325 g/mol. The van der Waals surface area contributed by atoms with Gasteiger partial charge < -0.3 is 15.1 Å². The van der Waals surface area contributed by atoms with Crippen molar-refractivity contribution in [3.63, 3.8) is 0 Å². The molecular formula is C18H23N5O. The van der Waals surface area contributed by atoms with Crippen molar-refractivity contribution in [1.29, 1.82) is 0 Å². The highest BCUT2D eigenvalue weighted by atomic mass is 16.1. The maximum Gasteiger partial charge on any atom is 0.256 e. The number of rotatable bonds is 3. The Hall–Kier alpha value is -2.47. The van der Waals surface area contributed by atoms with Crippen LogP contribution in [-0.4, -0.2) is 54.0 Å². The van der Waals surface area contributed by atoms with Gasteiger partial charge in [0.2, 0.25) is 0 Å². The molecule has 0 aliphatic carbocycles. The SMILES string of the molecule is Cc1cc(C)cc(C(=O)Nc2cc(N3CCN(C)CC3)ncn2)c1. The van der Waals surface area contributed by atoms with E-state index in [-0.39, 0.29) is 5.91 Å². The van der Waals surface area contributed by atoms with Gasteiger partial charge in [-0.3, -0.25) is 4.79 Å². The van der Waals surface area contributed by atoms with Gasteiger partial charge in [0.25, 0.3) is 5.91 Å². The Morgan fingerprint density at radius 2 is 1.67 bits per heavy atom. The zero-order chi connectivity index (χ0) is 17.1. The Kier molecular flexibility index (Phi) is 4.76. The average Bonchev–Trinajstić information content (AvgIpc) is 2.55. The largest absolute Gasteiger partial charge is 0.354 e. The van der Waals surface area contributed by atoms with E-state index >= 15 is 0 Å². The molecule has 0 unspecified atom stereocenters. The molecule has 0 spiro atoms. The van der Waals surface area contributed by atoms with Crippen molar-refractivity contribution in [1.82, 2.24) is 14.9 Å². The topological polar surface area (TPSA) is 61.4 Å². The highest BCUT2D eigenvalue weighted by Crippen LogP contribution is 2.17. The molecule has 2 aromatic rings. The van der Waals surface area contributed by atoms with Crippen molar-refractivity contribution < 1.29 is 4.79 Å². The maximum atomic E-state index is 12.5. The first-order valence-electron chi connectivity index (χ1n) is 8.16. The molecule has 0 atom stereocenters. The van der Waals surface area contributed by atoms with Gasteiger partial charge in [0, 0.05) is 37.8 Å². The van der Waals surface area contributed by atoms with Gasteiger partial charge in [-0.15, -0.1) is 0 Å². The monoisotopic (exact) mass is 325 g/mol. The first kappa shape index (κ1) is 16.4. The summed E-state index contributed by atoms with van der Waals surface area (Å²) in [6.45, 7) is 7.85. The van der Waals surface area contributed by atoms with Crippen LogP contribution in [0.1, 0.15) is 21.5 Å². The molecule has 24 heavy (non-hydrogen) atoms. The molecule has 126 valence electrons. The van der Waals surface area contributed by atoms with E-state index in [1.807, 2.05) is 38.1 Å². The minimum Gasteiger partial charge on any atom is -0.354 e. The van der Waals surface area contributed by atoms with Crippen molar-refractivity contribution in [2.45, 2.75) is 13.8 Å². The van der Waals surface area contributed by atoms with Crippen LogP contribution in [-0.2, 0) is 0 Å². The van der Waals surface area contributed by atoms with Crippen LogP contribution >= 0.6 is 0 Å². The fourth-order valence-corrected chi connectivity index (χ4v) is 2.92. The summed E-state index contributed by atoms with van der Waals surface area (Å²) in [4.78, 5) is 25.5. The Balaban J connectivity index is 1.73. The fourth-order valence-electron chi connectivity index (χ4n) is 2.92. The lowest BCUT2D eigenvalue weighted by Gasteiger charge is -2.33. The van der Waals surface area contributed by atoms with Gasteiger partial charge in [0.15, 0.2) is 0 Å². The Morgan fingerprint density at radius 1 is 1.00 bits per heavy atom. The van der Waals surface area contributed by atoms with Crippen molar-refractivity contribution in [3.05, 3.63) is 47.3 Å². The van der Waals surface area contributed by atoms with E-state index in [1.54, 1.807) is 0 Å². The summed E-state index contributed by atoms with van der Waals surface area (Å²) < 4.78 is 0. The molecule has 1 fully saturated rings. The third-order valence-corrected chi connectivity index (χ3v) is 4.21. The van der Waals surface area contributed by atoms with E-state index in [4.69, 9.17) is 0 Å². The molecule has 1 saturated heterocycles. The van der Waals surface area contributed by atoms with Crippen LogP contribution in [0.5, 0.6) is 0 Å². The van der Waals surface area contributed by atoms with Gasteiger partial charge in [0.05, 0.1) is 0 Å². The molecule has 3 rings (SSSR count). The van der Waals surface area contributed by atoms with E-state index in [0.717, 1.165) is 43.1 Å². The summed E-state index contributed by atoms with van der Waals surface area (Å²) >= 11 is 0. The molecular weight excluding hydrogens is 302 g/mol. The number of likely N-dealkylation sites (N-methyl/N-ethyl adjacent to an activating group) is 1. The summed E-state index contributed by atoms with van der Waals surface area (Å²) in [5.41, 5.74) is 2.79. The molecule has 6 nitrogen and oxygen atoms in total. The second-order valence-corrected chi connectivity index (χ2v) is 6.38. The summed E-state index contributed by atoms with van der Waals surface area (Å²) in [6.07, 6.45) is 1.50. The maximum absolute atomic E-state index is 12.5. The lowest BCUT2D eigenvalue weighted by molar-refractivity contribution is 0.102. The molecule has 2 heterocycles. The van der Waals surface area contributed by atoms with E-state index in [2.05, 4.69) is 32.1 Å². The molecule has 1 N–H and O–H groups in total. The van der Waals surface area contributed by atoms with Crippen LogP contribution in [0.3, 0.4) is 0 Å². The van der Waals surface area contributed by atoms with E-state index in [0.29, 0.717) is 11.4 Å². The second kappa shape index (κ2) is 6.97. The molecule has 0 saturated carbocycles. The van der Waals surface area contributed by atoms with Crippen LogP contribution in [0, 0.1) is 13.8 Å². The van der Waals surface area contributed by atoms with E-state index in [1.165, 1.54) is 6.33 Å². The van der Waals surface area contributed by atoms with Gasteiger partial charge in [0.1, 0.15) is 18.0 Å². The number of amides is 1. The number of aryl methyl sites for hydroxylation is 2. The number of anilines is 2. The smallest absolute Gasteiger partial charge is 0.256 e. The normalized spacial score (nSPS) is 15.4. The van der Waals surface area contributed by atoms with Crippen molar-refractivity contribution in [2.75, 3.05) is 43.4 Å². The summed E-state index contributed by atoms with van der Waals surface area (Å²) in [5, 5.41) is 2.87. The van der Waals surface area contributed by atoms with Crippen LogP contribution in [0.15, 0.2) is 30.6 Å². The van der Waals surface area contributed by atoms with E-state index in [9.17, 15) is 4.79 Å². The number of nitrogens with zero attached hydrogens (tertiary/aromatic N) is 4. The quantitative estimate of drug-likeness (QED) is 0.936. The standard InChI is InChI=1S/C18H23N5O/c1-13-8-14(2)10-15(9-13)18(24)21-16-11-17(20-12-19-16)23-6-4-22(3)5-7-23/h8-12H,4-7H2,1-3H3,(H,19,20,21,24). The summed E-state index contributed by atoms with van der Waals surface area (Å²) in [5.74, 6) is 1.24. The first-order chi connectivity index (χ1) is 11.5. The van der Waals surface area contributed by atoms with Crippen LogP contribution in [0.4, 0.5) is 11.6 Å². The summed E-state index contributed by atoms with van der Waals surface area (Å²) in [6, 6.07) is 7.65. The Morgan fingerprint density at radius 3 is 2.33 bits per heavy atom. The molecule has 1 aliphatic heterocycles. The summed E-state index contributed by atoms with van der Waals surface area (Å²) in [7, 11) is 2.12.